The Labute approximate surface area is 95.6 Å². The van der Waals surface area contributed by atoms with Gasteiger partial charge in [-0.15, -0.1) is 0 Å². The van der Waals surface area contributed by atoms with Crippen LogP contribution in [0.4, 0.5) is 5.69 Å². The lowest BCUT2D eigenvalue weighted by Gasteiger charge is -2.11. The molecule has 0 unspecified atom stereocenters. The molecule has 1 aromatic carbocycles. The SMILES string of the molecule is COCC(=O)Nc1cc(C)c(OC)c(C)c1. The zero-order chi connectivity index (χ0) is 12.1. The summed E-state index contributed by atoms with van der Waals surface area (Å²) >= 11 is 0. The molecule has 1 amide bonds. The van der Waals surface area contributed by atoms with Crippen molar-refractivity contribution in [2.75, 3.05) is 26.1 Å². The van der Waals surface area contributed by atoms with Crippen molar-refractivity contribution in [2.45, 2.75) is 13.8 Å². The molecule has 1 aromatic rings. The first-order valence-electron chi connectivity index (χ1n) is 5.02. The number of aryl methyl sites for hydroxylation is 2. The fourth-order valence-corrected chi connectivity index (χ4v) is 1.67. The van der Waals surface area contributed by atoms with Crippen molar-refractivity contribution in [3.05, 3.63) is 23.3 Å². The summed E-state index contributed by atoms with van der Waals surface area (Å²) in [4.78, 5) is 11.3. The van der Waals surface area contributed by atoms with E-state index in [0.29, 0.717) is 0 Å². The van der Waals surface area contributed by atoms with Gasteiger partial charge < -0.3 is 14.8 Å². The van der Waals surface area contributed by atoms with Crippen molar-refractivity contribution in [3.63, 3.8) is 0 Å². The second-order valence-electron chi connectivity index (χ2n) is 3.62. The number of ether oxygens (including phenoxy) is 2. The first kappa shape index (κ1) is 12.5. The monoisotopic (exact) mass is 223 g/mol. The van der Waals surface area contributed by atoms with Gasteiger partial charge in [-0.2, -0.15) is 0 Å². The molecule has 88 valence electrons. The van der Waals surface area contributed by atoms with E-state index < -0.39 is 0 Å². The molecule has 1 rings (SSSR count). The predicted octanol–water partition coefficient (Wildman–Crippen LogP) is 1.90. The molecule has 0 aliphatic heterocycles. The molecule has 1 N–H and O–H groups in total. The van der Waals surface area contributed by atoms with Crippen LogP contribution in [-0.4, -0.2) is 26.7 Å². The molecule has 0 heterocycles. The van der Waals surface area contributed by atoms with E-state index in [9.17, 15) is 4.79 Å². The summed E-state index contributed by atoms with van der Waals surface area (Å²) in [5.41, 5.74) is 2.75. The highest BCUT2D eigenvalue weighted by Crippen LogP contribution is 2.26. The third kappa shape index (κ3) is 2.97. The molecule has 0 saturated heterocycles. The zero-order valence-electron chi connectivity index (χ0n) is 10.1. The number of rotatable bonds is 4. The molecule has 0 atom stereocenters. The standard InChI is InChI=1S/C12H17NO3/c1-8-5-10(13-11(14)7-15-3)6-9(2)12(8)16-4/h5-6H,7H2,1-4H3,(H,13,14). The molecule has 4 heteroatoms. The normalized spacial score (nSPS) is 10.0. The number of methoxy groups -OCH3 is 2. The van der Waals surface area contributed by atoms with E-state index in [4.69, 9.17) is 9.47 Å². The van der Waals surface area contributed by atoms with Crippen LogP contribution in [0.15, 0.2) is 12.1 Å². The minimum absolute atomic E-state index is 0.0596. The molecule has 0 spiro atoms. The van der Waals surface area contributed by atoms with Gasteiger partial charge in [-0.1, -0.05) is 0 Å². The zero-order valence-corrected chi connectivity index (χ0v) is 10.1. The lowest BCUT2D eigenvalue weighted by atomic mass is 10.1. The molecule has 16 heavy (non-hydrogen) atoms. The maximum Gasteiger partial charge on any atom is 0.250 e. The van der Waals surface area contributed by atoms with Crippen molar-refractivity contribution in [1.29, 1.82) is 0 Å². The van der Waals surface area contributed by atoms with Crippen LogP contribution in [0.25, 0.3) is 0 Å². The first-order chi connectivity index (χ1) is 7.58. The topological polar surface area (TPSA) is 47.6 Å². The van der Waals surface area contributed by atoms with Crippen molar-refractivity contribution >= 4 is 11.6 Å². The van der Waals surface area contributed by atoms with Crippen LogP contribution < -0.4 is 10.1 Å². The number of benzene rings is 1. The Balaban J connectivity index is 2.87. The smallest absolute Gasteiger partial charge is 0.250 e. The van der Waals surface area contributed by atoms with Crippen molar-refractivity contribution in [1.82, 2.24) is 0 Å². The van der Waals surface area contributed by atoms with Gasteiger partial charge in [0.25, 0.3) is 0 Å². The number of carbonyl (C=O) groups is 1. The van der Waals surface area contributed by atoms with E-state index >= 15 is 0 Å². The summed E-state index contributed by atoms with van der Waals surface area (Å²) in [7, 11) is 3.13. The lowest BCUT2D eigenvalue weighted by Crippen LogP contribution is -2.17. The molecule has 0 aliphatic carbocycles. The number of anilines is 1. The summed E-state index contributed by atoms with van der Waals surface area (Å²) in [6.07, 6.45) is 0. The van der Waals surface area contributed by atoms with Gasteiger partial charge in [0.2, 0.25) is 5.91 Å². The van der Waals surface area contributed by atoms with Crippen molar-refractivity contribution < 1.29 is 14.3 Å². The highest BCUT2D eigenvalue weighted by atomic mass is 16.5. The van der Waals surface area contributed by atoms with Crippen LogP contribution in [0, 0.1) is 13.8 Å². The maximum absolute atomic E-state index is 11.3. The summed E-state index contributed by atoms with van der Waals surface area (Å²) in [5.74, 6) is 0.691. The highest BCUT2D eigenvalue weighted by molar-refractivity contribution is 5.92. The van der Waals surface area contributed by atoms with Crippen LogP contribution >= 0.6 is 0 Å². The minimum atomic E-state index is -0.161. The Kier molecular flexibility index (Phi) is 4.31. The Bertz CT molecular complexity index is 365. The molecular formula is C12H17NO3. The summed E-state index contributed by atoms with van der Waals surface area (Å²) in [6, 6.07) is 3.75. The highest BCUT2D eigenvalue weighted by Gasteiger charge is 2.07. The summed E-state index contributed by atoms with van der Waals surface area (Å²) in [5, 5.41) is 2.76. The second kappa shape index (κ2) is 5.51. The van der Waals surface area contributed by atoms with E-state index in [0.717, 1.165) is 22.6 Å². The lowest BCUT2D eigenvalue weighted by molar-refractivity contribution is -0.119. The van der Waals surface area contributed by atoms with Crippen LogP contribution in [0.3, 0.4) is 0 Å². The van der Waals surface area contributed by atoms with Crippen molar-refractivity contribution in [2.24, 2.45) is 0 Å². The maximum atomic E-state index is 11.3. The fourth-order valence-electron chi connectivity index (χ4n) is 1.67. The van der Waals surface area contributed by atoms with E-state index in [1.165, 1.54) is 7.11 Å². The van der Waals surface area contributed by atoms with Crippen LogP contribution in [0.2, 0.25) is 0 Å². The average molecular weight is 223 g/mol. The predicted molar refractivity (Wildman–Crippen MR) is 63.0 cm³/mol. The van der Waals surface area contributed by atoms with Gasteiger partial charge in [0.1, 0.15) is 12.4 Å². The number of hydrogen-bond donors (Lipinski definition) is 1. The first-order valence-corrected chi connectivity index (χ1v) is 5.02. The molecule has 0 radical (unpaired) electrons. The van der Waals surface area contributed by atoms with Crippen LogP contribution in [0.1, 0.15) is 11.1 Å². The summed E-state index contributed by atoms with van der Waals surface area (Å²) in [6.45, 7) is 3.94. The fraction of sp³-hybridized carbons (Fsp3) is 0.417. The average Bonchev–Trinajstić information content (AvgIpc) is 2.17. The molecular weight excluding hydrogens is 206 g/mol. The van der Waals surface area contributed by atoms with E-state index in [1.54, 1.807) is 7.11 Å². The third-order valence-electron chi connectivity index (χ3n) is 2.22. The molecule has 0 saturated carbocycles. The Hall–Kier alpha value is -1.55. The second-order valence-corrected chi connectivity index (χ2v) is 3.62. The molecule has 4 nitrogen and oxygen atoms in total. The molecule has 0 aliphatic rings. The number of carbonyl (C=O) groups excluding carboxylic acids is 1. The van der Waals surface area contributed by atoms with Gasteiger partial charge in [0.15, 0.2) is 0 Å². The van der Waals surface area contributed by atoms with Gasteiger partial charge >= 0.3 is 0 Å². The third-order valence-corrected chi connectivity index (χ3v) is 2.22. The van der Waals surface area contributed by atoms with E-state index in [2.05, 4.69) is 5.32 Å². The van der Waals surface area contributed by atoms with Crippen LogP contribution in [-0.2, 0) is 9.53 Å². The number of amides is 1. The largest absolute Gasteiger partial charge is 0.496 e. The van der Waals surface area contributed by atoms with E-state index in [1.807, 2.05) is 26.0 Å². The Morgan fingerprint density at radius 2 is 1.81 bits per heavy atom. The number of hydrogen-bond acceptors (Lipinski definition) is 3. The van der Waals surface area contributed by atoms with Gasteiger partial charge in [-0.3, -0.25) is 4.79 Å². The van der Waals surface area contributed by atoms with Gasteiger partial charge in [0, 0.05) is 12.8 Å². The van der Waals surface area contributed by atoms with E-state index in [-0.39, 0.29) is 12.5 Å². The molecule has 0 aromatic heterocycles. The van der Waals surface area contributed by atoms with Crippen LogP contribution in [0.5, 0.6) is 5.75 Å². The van der Waals surface area contributed by atoms with Gasteiger partial charge in [0.05, 0.1) is 7.11 Å². The Morgan fingerprint density at radius 3 is 2.25 bits per heavy atom. The molecule has 0 bridgehead atoms. The van der Waals surface area contributed by atoms with Gasteiger partial charge in [-0.05, 0) is 37.1 Å². The van der Waals surface area contributed by atoms with Crippen molar-refractivity contribution in [3.8, 4) is 5.75 Å². The Morgan fingerprint density at radius 1 is 1.25 bits per heavy atom. The quantitative estimate of drug-likeness (QED) is 0.848. The summed E-state index contributed by atoms with van der Waals surface area (Å²) < 4.78 is 9.99. The van der Waals surface area contributed by atoms with Gasteiger partial charge in [-0.25, -0.2) is 0 Å². The molecule has 0 fully saturated rings. The minimum Gasteiger partial charge on any atom is -0.496 e. The number of nitrogens with one attached hydrogen (secondary N) is 1.